The van der Waals surface area contributed by atoms with E-state index in [0.29, 0.717) is 25.1 Å². The van der Waals surface area contributed by atoms with Gasteiger partial charge in [-0.15, -0.1) is 0 Å². The SMILES string of the molecule is O=C(O)[C@H](Cc1ccc2ccccc2c1)NC(=O)[C@@H]1CCCN1C(=O)Nc1ccccc1. The van der Waals surface area contributed by atoms with Crippen molar-refractivity contribution in [1.29, 1.82) is 0 Å². The molecule has 0 aliphatic carbocycles. The van der Waals surface area contributed by atoms with Crippen molar-refractivity contribution in [3.8, 4) is 0 Å². The Kier molecular flexibility index (Phi) is 6.35. The van der Waals surface area contributed by atoms with E-state index >= 15 is 0 Å². The normalized spacial score (nSPS) is 16.5. The molecule has 0 unspecified atom stereocenters. The molecule has 4 rings (SSSR count). The molecule has 0 bridgehead atoms. The lowest BCUT2D eigenvalue weighted by molar-refractivity contribution is -0.142. The van der Waals surface area contributed by atoms with Gasteiger partial charge in [0.15, 0.2) is 0 Å². The van der Waals surface area contributed by atoms with Crippen LogP contribution in [0.4, 0.5) is 10.5 Å². The van der Waals surface area contributed by atoms with Crippen LogP contribution in [0.5, 0.6) is 0 Å². The summed E-state index contributed by atoms with van der Waals surface area (Å²) in [5.74, 6) is -1.55. The van der Waals surface area contributed by atoms with E-state index in [0.717, 1.165) is 16.3 Å². The number of hydrogen-bond donors (Lipinski definition) is 3. The van der Waals surface area contributed by atoms with Gasteiger partial charge < -0.3 is 20.6 Å². The van der Waals surface area contributed by atoms with Crippen molar-refractivity contribution < 1.29 is 19.5 Å². The summed E-state index contributed by atoms with van der Waals surface area (Å²) in [5, 5.41) is 17.2. The minimum absolute atomic E-state index is 0.162. The third-order valence-electron chi connectivity index (χ3n) is 5.71. The zero-order valence-electron chi connectivity index (χ0n) is 17.5. The highest BCUT2D eigenvalue weighted by atomic mass is 16.4. The fourth-order valence-corrected chi connectivity index (χ4v) is 4.07. The number of fused-ring (bicyclic) bond motifs is 1. The lowest BCUT2D eigenvalue weighted by atomic mass is 10.0. The van der Waals surface area contributed by atoms with Crippen LogP contribution in [0.1, 0.15) is 18.4 Å². The molecule has 3 N–H and O–H groups in total. The summed E-state index contributed by atoms with van der Waals surface area (Å²) in [7, 11) is 0. The molecular formula is C25H25N3O4. The molecule has 1 aliphatic rings. The smallest absolute Gasteiger partial charge is 0.326 e. The molecule has 32 heavy (non-hydrogen) atoms. The van der Waals surface area contributed by atoms with Gasteiger partial charge in [0.05, 0.1) is 0 Å². The number of carboxylic acid groups (broad SMARTS) is 1. The van der Waals surface area contributed by atoms with E-state index < -0.39 is 24.0 Å². The van der Waals surface area contributed by atoms with Gasteiger partial charge in [-0.2, -0.15) is 0 Å². The predicted molar refractivity (Wildman–Crippen MR) is 122 cm³/mol. The molecule has 7 heteroatoms. The number of nitrogens with zero attached hydrogens (tertiary/aromatic N) is 1. The van der Waals surface area contributed by atoms with Crippen LogP contribution in [0, 0.1) is 0 Å². The first-order chi connectivity index (χ1) is 15.5. The molecule has 164 valence electrons. The lowest BCUT2D eigenvalue weighted by Gasteiger charge is -2.26. The number of urea groups is 1. The molecule has 1 aliphatic heterocycles. The first-order valence-electron chi connectivity index (χ1n) is 10.6. The third kappa shape index (κ3) is 4.88. The van der Waals surface area contributed by atoms with Gasteiger partial charge in [0, 0.05) is 18.7 Å². The molecule has 1 fully saturated rings. The molecule has 3 amide bonds. The molecule has 2 atom stereocenters. The first kappa shape index (κ1) is 21.4. The van der Waals surface area contributed by atoms with E-state index in [2.05, 4.69) is 10.6 Å². The van der Waals surface area contributed by atoms with Gasteiger partial charge in [0.1, 0.15) is 12.1 Å². The van der Waals surface area contributed by atoms with Gasteiger partial charge in [-0.3, -0.25) is 4.79 Å². The third-order valence-corrected chi connectivity index (χ3v) is 5.71. The molecule has 0 aromatic heterocycles. The Morgan fingerprint density at radius 2 is 1.69 bits per heavy atom. The number of benzene rings is 3. The number of anilines is 1. The predicted octanol–water partition coefficient (Wildman–Crippen LogP) is 3.65. The minimum atomic E-state index is -1.11. The highest BCUT2D eigenvalue weighted by Crippen LogP contribution is 2.20. The highest BCUT2D eigenvalue weighted by molar-refractivity contribution is 5.95. The molecule has 0 radical (unpaired) electrons. The van der Waals surface area contributed by atoms with Crippen molar-refractivity contribution in [2.24, 2.45) is 0 Å². The maximum absolute atomic E-state index is 12.9. The van der Waals surface area contributed by atoms with Crippen LogP contribution in [0.15, 0.2) is 72.8 Å². The van der Waals surface area contributed by atoms with E-state index in [1.54, 1.807) is 12.1 Å². The van der Waals surface area contributed by atoms with E-state index in [-0.39, 0.29) is 12.5 Å². The van der Waals surface area contributed by atoms with Gasteiger partial charge in [-0.1, -0.05) is 60.7 Å². The van der Waals surface area contributed by atoms with Crippen LogP contribution in [-0.2, 0) is 16.0 Å². The van der Waals surface area contributed by atoms with Crippen molar-refractivity contribution >= 4 is 34.4 Å². The molecule has 1 heterocycles. The molecule has 1 saturated heterocycles. The van der Waals surface area contributed by atoms with E-state index in [9.17, 15) is 19.5 Å². The van der Waals surface area contributed by atoms with Gasteiger partial charge in [0.2, 0.25) is 5.91 Å². The second-order valence-electron chi connectivity index (χ2n) is 7.93. The number of aliphatic carboxylic acids is 1. The Labute approximate surface area is 186 Å². The van der Waals surface area contributed by atoms with Crippen LogP contribution in [0.25, 0.3) is 10.8 Å². The van der Waals surface area contributed by atoms with Crippen molar-refractivity contribution in [2.75, 3.05) is 11.9 Å². The number of carboxylic acids is 1. The molecule has 3 aromatic carbocycles. The fraction of sp³-hybridized carbons (Fsp3) is 0.240. The number of rotatable bonds is 6. The Morgan fingerprint density at radius 3 is 2.44 bits per heavy atom. The summed E-state index contributed by atoms with van der Waals surface area (Å²) in [4.78, 5) is 39.0. The number of nitrogens with one attached hydrogen (secondary N) is 2. The summed E-state index contributed by atoms with van der Waals surface area (Å²) in [6.45, 7) is 0.444. The molecule has 0 spiro atoms. The fourth-order valence-electron chi connectivity index (χ4n) is 4.07. The Hall–Kier alpha value is -3.87. The van der Waals surface area contributed by atoms with E-state index in [4.69, 9.17) is 0 Å². The maximum atomic E-state index is 12.9. The Bertz CT molecular complexity index is 1130. The number of carbonyl (C=O) groups is 3. The van der Waals surface area contributed by atoms with Crippen LogP contribution >= 0.6 is 0 Å². The van der Waals surface area contributed by atoms with Gasteiger partial charge in [-0.05, 0) is 41.3 Å². The summed E-state index contributed by atoms with van der Waals surface area (Å²) >= 11 is 0. The maximum Gasteiger partial charge on any atom is 0.326 e. The standard InChI is InChI=1S/C25H25N3O4/c29-23(22-11-6-14-28(22)25(32)26-20-9-2-1-3-10-20)27-21(24(30)31)16-17-12-13-18-7-4-5-8-19(18)15-17/h1-5,7-10,12-13,15,21-22H,6,11,14,16H2,(H,26,32)(H,27,29)(H,30,31)/t21-,22-/m0/s1. The Morgan fingerprint density at radius 1 is 0.969 bits per heavy atom. The second-order valence-corrected chi connectivity index (χ2v) is 7.93. The van der Waals surface area contributed by atoms with Gasteiger partial charge in [0.25, 0.3) is 0 Å². The number of amides is 3. The molecular weight excluding hydrogens is 406 g/mol. The van der Waals surface area contributed by atoms with Crippen LogP contribution in [-0.4, -0.2) is 46.5 Å². The average molecular weight is 431 g/mol. The quantitative estimate of drug-likeness (QED) is 0.555. The molecule has 7 nitrogen and oxygen atoms in total. The zero-order valence-corrected chi connectivity index (χ0v) is 17.5. The lowest BCUT2D eigenvalue weighted by Crippen LogP contribution is -2.52. The monoisotopic (exact) mass is 431 g/mol. The second kappa shape index (κ2) is 9.51. The summed E-state index contributed by atoms with van der Waals surface area (Å²) < 4.78 is 0. The van der Waals surface area contributed by atoms with Crippen LogP contribution in [0.2, 0.25) is 0 Å². The zero-order chi connectivity index (χ0) is 22.5. The average Bonchev–Trinajstić information content (AvgIpc) is 3.29. The number of carbonyl (C=O) groups excluding carboxylic acids is 2. The van der Waals surface area contributed by atoms with Crippen LogP contribution in [0.3, 0.4) is 0 Å². The molecule has 3 aromatic rings. The Balaban J connectivity index is 1.43. The molecule has 0 saturated carbocycles. The first-order valence-corrected chi connectivity index (χ1v) is 10.6. The van der Waals surface area contributed by atoms with E-state index in [1.807, 2.05) is 60.7 Å². The summed E-state index contributed by atoms with van der Waals surface area (Å²) in [5.41, 5.74) is 1.46. The summed E-state index contributed by atoms with van der Waals surface area (Å²) in [6.07, 6.45) is 1.34. The van der Waals surface area contributed by atoms with Gasteiger partial charge in [-0.25, -0.2) is 9.59 Å². The van der Waals surface area contributed by atoms with Crippen molar-refractivity contribution in [1.82, 2.24) is 10.2 Å². The largest absolute Gasteiger partial charge is 0.480 e. The number of hydrogen-bond acceptors (Lipinski definition) is 3. The van der Waals surface area contributed by atoms with Crippen molar-refractivity contribution in [2.45, 2.75) is 31.3 Å². The van der Waals surface area contributed by atoms with Crippen molar-refractivity contribution in [3.05, 3.63) is 78.4 Å². The van der Waals surface area contributed by atoms with Crippen LogP contribution < -0.4 is 10.6 Å². The van der Waals surface area contributed by atoms with Crippen molar-refractivity contribution in [3.63, 3.8) is 0 Å². The minimum Gasteiger partial charge on any atom is -0.480 e. The number of para-hydroxylation sites is 1. The summed E-state index contributed by atoms with van der Waals surface area (Å²) in [6, 6.07) is 20.5. The van der Waals surface area contributed by atoms with Gasteiger partial charge >= 0.3 is 12.0 Å². The topological polar surface area (TPSA) is 98.7 Å². The van der Waals surface area contributed by atoms with E-state index in [1.165, 1.54) is 4.90 Å². The number of likely N-dealkylation sites (tertiary alicyclic amines) is 1. The highest BCUT2D eigenvalue weighted by Gasteiger charge is 2.36.